The van der Waals surface area contributed by atoms with E-state index >= 15 is 0 Å². The Bertz CT molecular complexity index is 494. The molecule has 5 nitrogen and oxygen atoms in total. The Balaban J connectivity index is 2.20. The Kier molecular flexibility index (Phi) is 7.15. The molecule has 0 bridgehead atoms. The molecule has 0 saturated heterocycles. The minimum absolute atomic E-state index is 0.0380. The van der Waals surface area contributed by atoms with Gasteiger partial charge >= 0.3 is 5.97 Å². The number of benzene rings is 1. The summed E-state index contributed by atoms with van der Waals surface area (Å²) in [4.78, 5) is 34.0. The van der Waals surface area contributed by atoms with Gasteiger partial charge in [-0.15, -0.1) is 0 Å². The van der Waals surface area contributed by atoms with Crippen molar-refractivity contribution in [3.63, 3.8) is 0 Å². The fourth-order valence-corrected chi connectivity index (χ4v) is 1.73. The highest BCUT2D eigenvalue weighted by Gasteiger charge is 2.09. The fourth-order valence-electron chi connectivity index (χ4n) is 1.73. The molecule has 0 heterocycles. The number of amides is 1. The number of aryl methyl sites for hydroxylation is 2. The van der Waals surface area contributed by atoms with Crippen molar-refractivity contribution in [2.75, 3.05) is 13.7 Å². The van der Waals surface area contributed by atoms with Gasteiger partial charge in [0.2, 0.25) is 5.91 Å². The van der Waals surface area contributed by atoms with E-state index < -0.39 is 5.97 Å². The zero-order valence-electron chi connectivity index (χ0n) is 12.5. The quantitative estimate of drug-likeness (QED) is 0.738. The molecule has 1 aromatic rings. The van der Waals surface area contributed by atoms with Crippen LogP contribution in [-0.2, 0) is 25.5 Å². The summed E-state index contributed by atoms with van der Waals surface area (Å²) in [6.07, 6.45) is 1.12. The summed E-state index contributed by atoms with van der Waals surface area (Å²) in [7, 11) is 1.28. The van der Waals surface area contributed by atoms with Crippen LogP contribution in [-0.4, -0.2) is 31.3 Å². The summed E-state index contributed by atoms with van der Waals surface area (Å²) in [5.41, 5.74) is 2.27. The van der Waals surface area contributed by atoms with Crippen LogP contribution in [0.25, 0.3) is 0 Å². The summed E-state index contributed by atoms with van der Waals surface area (Å²) in [5.74, 6) is -0.764. The predicted octanol–water partition coefficient (Wildman–Crippen LogP) is 1.57. The molecule has 0 spiro atoms. The molecule has 0 aromatic heterocycles. The van der Waals surface area contributed by atoms with Gasteiger partial charge in [0, 0.05) is 12.8 Å². The lowest BCUT2D eigenvalue weighted by atomic mass is 10.1. The standard InChI is InChI=1S/C16H21NO4/c1-12-3-5-13(6-4-12)7-9-15(19)17-11-14(18)8-10-16(20)21-2/h3-6H,7-11H2,1-2H3,(H,17,19). The molecule has 1 amide bonds. The molecule has 0 aliphatic rings. The van der Waals surface area contributed by atoms with Crippen LogP contribution in [0, 0.1) is 6.92 Å². The maximum atomic E-state index is 11.6. The van der Waals surface area contributed by atoms with Gasteiger partial charge in [-0.3, -0.25) is 14.4 Å². The molecule has 0 aliphatic carbocycles. The number of esters is 1. The van der Waals surface area contributed by atoms with E-state index in [0.717, 1.165) is 5.56 Å². The fraction of sp³-hybridized carbons (Fsp3) is 0.438. The third-order valence-corrected chi connectivity index (χ3v) is 3.08. The molecule has 1 aromatic carbocycles. The van der Waals surface area contributed by atoms with Crippen LogP contribution in [0.1, 0.15) is 30.4 Å². The smallest absolute Gasteiger partial charge is 0.305 e. The number of Topliss-reactive ketones (excluding diaryl/α,β-unsaturated/α-hetero) is 1. The van der Waals surface area contributed by atoms with Gasteiger partial charge in [0.25, 0.3) is 0 Å². The Morgan fingerprint density at radius 1 is 1.05 bits per heavy atom. The second kappa shape index (κ2) is 8.89. The zero-order chi connectivity index (χ0) is 15.7. The van der Waals surface area contributed by atoms with Crippen molar-refractivity contribution >= 4 is 17.7 Å². The third kappa shape index (κ3) is 7.25. The van der Waals surface area contributed by atoms with E-state index in [0.29, 0.717) is 12.8 Å². The molecular formula is C16H21NO4. The van der Waals surface area contributed by atoms with Crippen molar-refractivity contribution in [1.29, 1.82) is 0 Å². The third-order valence-electron chi connectivity index (χ3n) is 3.08. The second-order valence-corrected chi connectivity index (χ2v) is 4.88. The Morgan fingerprint density at radius 2 is 1.71 bits per heavy atom. The summed E-state index contributed by atoms with van der Waals surface area (Å²) >= 11 is 0. The number of hydrogen-bond donors (Lipinski definition) is 1. The van der Waals surface area contributed by atoms with Gasteiger partial charge in [-0.25, -0.2) is 0 Å². The monoisotopic (exact) mass is 291 g/mol. The van der Waals surface area contributed by atoms with Crippen molar-refractivity contribution < 1.29 is 19.1 Å². The van der Waals surface area contributed by atoms with Crippen molar-refractivity contribution in [2.45, 2.75) is 32.6 Å². The SMILES string of the molecule is COC(=O)CCC(=O)CNC(=O)CCc1ccc(C)cc1. The van der Waals surface area contributed by atoms with E-state index in [1.54, 1.807) is 0 Å². The average molecular weight is 291 g/mol. The van der Waals surface area contributed by atoms with Crippen LogP contribution in [0.4, 0.5) is 0 Å². The van der Waals surface area contributed by atoms with E-state index in [2.05, 4.69) is 10.1 Å². The van der Waals surface area contributed by atoms with Crippen molar-refractivity contribution in [1.82, 2.24) is 5.32 Å². The maximum Gasteiger partial charge on any atom is 0.305 e. The summed E-state index contributed by atoms with van der Waals surface area (Å²) in [5, 5.41) is 2.57. The number of hydrogen-bond acceptors (Lipinski definition) is 4. The molecule has 0 atom stereocenters. The first-order valence-corrected chi connectivity index (χ1v) is 6.92. The van der Waals surface area contributed by atoms with Gasteiger partial charge in [0.15, 0.2) is 5.78 Å². The lowest BCUT2D eigenvalue weighted by molar-refractivity contribution is -0.141. The van der Waals surface area contributed by atoms with Crippen molar-refractivity contribution in [3.8, 4) is 0 Å². The summed E-state index contributed by atoms with van der Waals surface area (Å²) < 4.78 is 4.44. The van der Waals surface area contributed by atoms with Gasteiger partial charge in [-0.2, -0.15) is 0 Å². The van der Waals surface area contributed by atoms with Crippen LogP contribution >= 0.6 is 0 Å². The molecule has 0 saturated carbocycles. The number of carbonyl (C=O) groups is 3. The van der Waals surface area contributed by atoms with Gasteiger partial charge in [0.05, 0.1) is 20.1 Å². The highest BCUT2D eigenvalue weighted by molar-refractivity contribution is 5.88. The topological polar surface area (TPSA) is 72.5 Å². The van der Waals surface area contributed by atoms with E-state index in [1.807, 2.05) is 31.2 Å². The van der Waals surface area contributed by atoms with E-state index in [1.165, 1.54) is 12.7 Å². The van der Waals surface area contributed by atoms with Gasteiger partial charge in [-0.1, -0.05) is 29.8 Å². The van der Waals surface area contributed by atoms with Crippen LogP contribution in [0.3, 0.4) is 0 Å². The van der Waals surface area contributed by atoms with Crippen molar-refractivity contribution in [3.05, 3.63) is 35.4 Å². The number of methoxy groups -OCH3 is 1. The van der Waals surface area contributed by atoms with Crippen LogP contribution in [0.5, 0.6) is 0 Å². The van der Waals surface area contributed by atoms with Crippen molar-refractivity contribution in [2.24, 2.45) is 0 Å². The zero-order valence-corrected chi connectivity index (χ0v) is 12.5. The molecule has 0 unspecified atom stereocenters. The summed E-state index contributed by atoms with van der Waals surface area (Å²) in [6.45, 7) is 1.97. The average Bonchev–Trinajstić information content (AvgIpc) is 2.49. The van der Waals surface area contributed by atoms with Crippen LogP contribution < -0.4 is 5.32 Å². The maximum absolute atomic E-state index is 11.6. The van der Waals surface area contributed by atoms with E-state index in [9.17, 15) is 14.4 Å². The normalized spacial score (nSPS) is 10.0. The molecular weight excluding hydrogens is 270 g/mol. The summed E-state index contributed by atoms with van der Waals surface area (Å²) in [6, 6.07) is 7.99. The van der Waals surface area contributed by atoms with Gasteiger partial charge < -0.3 is 10.1 Å². The van der Waals surface area contributed by atoms with Gasteiger partial charge in [-0.05, 0) is 18.9 Å². The minimum atomic E-state index is -0.422. The lowest BCUT2D eigenvalue weighted by Gasteiger charge is -2.05. The van der Waals surface area contributed by atoms with E-state index in [4.69, 9.17) is 0 Å². The molecule has 5 heteroatoms. The Labute approximate surface area is 124 Å². The molecule has 21 heavy (non-hydrogen) atoms. The first-order chi connectivity index (χ1) is 10.0. The molecule has 0 radical (unpaired) electrons. The first kappa shape index (κ1) is 16.9. The highest BCUT2D eigenvalue weighted by atomic mass is 16.5. The molecule has 0 aliphatic heterocycles. The molecule has 1 rings (SSSR count). The first-order valence-electron chi connectivity index (χ1n) is 6.92. The van der Waals surface area contributed by atoms with Gasteiger partial charge in [0.1, 0.15) is 0 Å². The number of rotatable bonds is 8. The predicted molar refractivity (Wildman–Crippen MR) is 78.8 cm³/mol. The van der Waals surface area contributed by atoms with Crippen LogP contribution in [0.2, 0.25) is 0 Å². The van der Waals surface area contributed by atoms with E-state index in [-0.39, 0.29) is 31.1 Å². The molecule has 1 N–H and O–H groups in total. The molecule has 0 fully saturated rings. The second-order valence-electron chi connectivity index (χ2n) is 4.88. The Hall–Kier alpha value is -2.17. The largest absolute Gasteiger partial charge is 0.469 e. The molecule has 114 valence electrons. The Morgan fingerprint density at radius 3 is 2.33 bits per heavy atom. The lowest BCUT2D eigenvalue weighted by Crippen LogP contribution is -2.29. The minimum Gasteiger partial charge on any atom is -0.469 e. The highest BCUT2D eigenvalue weighted by Crippen LogP contribution is 2.05. The number of ether oxygens (including phenoxy) is 1. The van der Waals surface area contributed by atoms with Crippen LogP contribution in [0.15, 0.2) is 24.3 Å². The number of nitrogens with one attached hydrogen (secondary N) is 1. The number of carbonyl (C=O) groups excluding carboxylic acids is 3. The number of ketones is 1.